The van der Waals surface area contributed by atoms with Gasteiger partial charge in [-0.05, 0) is 49.2 Å². The van der Waals surface area contributed by atoms with Gasteiger partial charge in [0.1, 0.15) is 6.79 Å². The topological polar surface area (TPSA) is 55.4 Å². The Morgan fingerprint density at radius 1 is 0.976 bits per heavy atom. The molecule has 5 atom stereocenters. The average Bonchev–Trinajstić information content (AvgIpc) is 2.93. The fraction of sp³-hybridized carbons (Fsp3) is 0.812. The average molecular weight is 800 g/mol. The molecule has 10 heteroatoms. The van der Waals surface area contributed by atoms with Crippen molar-refractivity contribution in [3.05, 3.63) is 34.3 Å². The van der Waals surface area contributed by atoms with Gasteiger partial charge in [0.05, 0.1) is 30.5 Å². The van der Waals surface area contributed by atoms with Crippen molar-refractivity contribution in [2.45, 2.75) is 140 Å². The summed E-state index contributed by atoms with van der Waals surface area (Å²) in [6.45, 7) is 18.6. The molecule has 242 valence electrons. The Labute approximate surface area is 280 Å². The van der Waals surface area contributed by atoms with Gasteiger partial charge in [-0.25, -0.2) is 0 Å². The van der Waals surface area contributed by atoms with Gasteiger partial charge in [0, 0.05) is 55.9 Å². The Hall–Kier alpha value is 0.624. The van der Waals surface area contributed by atoms with E-state index in [2.05, 4.69) is 98.0 Å². The predicted octanol–water partition coefficient (Wildman–Crippen LogP) is 9.32. The van der Waals surface area contributed by atoms with Crippen LogP contribution in [-0.4, -0.2) is 70.5 Å². The quantitative estimate of drug-likeness (QED) is 0.0515. The van der Waals surface area contributed by atoms with E-state index in [-0.39, 0.29) is 23.9 Å². The summed E-state index contributed by atoms with van der Waals surface area (Å²) in [4.78, 5) is 0. The molecule has 0 amide bonds. The lowest BCUT2D eigenvalue weighted by atomic mass is 9.82. The standard InChI is InChI=1S/C32H56BrIO6Si2/c1-8-42(9-2,10-3)40-31(4)20-29(22-34)39-32(24-31)21-28(37-25-36-17-18-41(5,6)7)19-27(38-32)15-16-35-23-26-13-11-12-14-30(26)33/h11-14,27-29H,8-10,15-25H2,1-7H3/t27-,28-,29+,31-,32+/m0/s1. The Morgan fingerprint density at radius 3 is 2.31 bits per heavy atom. The predicted molar refractivity (Wildman–Crippen MR) is 189 cm³/mol. The molecule has 2 heterocycles. The van der Waals surface area contributed by atoms with Crippen molar-refractivity contribution in [3.8, 4) is 0 Å². The molecule has 0 N–H and O–H groups in total. The van der Waals surface area contributed by atoms with Crippen LogP contribution >= 0.6 is 38.5 Å². The zero-order valence-electron chi connectivity index (χ0n) is 27.1. The summed E-state index contributed by atoms with van der Waals surface area (Å²) in [5.74, 6) is -0.730. The lowest BCUT2D eigenvalue weighted by Crippen LogP contribution is -2.61. The van der Waals surface area contributed by atoms with Crippen LogP contribution in [0.1, 0.15) is 65.4 Å². The van der Waals surface area contributed by atoms with E-state index >= 15 is 0 Å². The van der Waals surface area contributed by atoms with E-state index in [1.165, 1.54) is 0 Å². The van der Waals surface area contributed by atoms with Gasteiger partial charge < -0.3 is 28.1 Å². The first kappa shape index (κ1) is 37.1. The highest BCUT2D eigenvalue weighted by molar-refractivity contribution is 14.1. The third-order valence-corrected chi connectivity index (χ3v) is 17.1. The third-order valence-electron chi connectivity index (χ3n) is 8.88. The van der Waals surface area contributed by atoms with Gasteiger partial charge in [0.15, 0.2) is 14.1 Å². The van der Waals surface area contributed by atoms with Crippen LogP contribution in [0.25, 0.3) is 0 Å². The number of alkyl halides is 1. The van der Waals surface area contributed by atoms with Gasteiger partial charge in [-0.2, -0.15) is 0 Å². The van der Waals surface area contributed by atoms with Gasteiger partial charge in [-0.1, -0.05) is 97.1 Å². The van der Waals surface area contributed by atoms with E-state index in [4.69, 9.17) is 28.1 Å². The lowest BCUT2D eigenvalue weighted by molar-refractivity contribution is -0.350. The molecular weight excluding hydrogens is 743 g/mol. The SMILES string of the molecule is CC[Si](CC)(CC)O[C@@]1(C)C[C@H](CI)O[C@]2(C[C@@H](OCOCC[Si](C)(C)C)C[C@H](CCOCc3ccccc3Br)O2)C1. The van der Waals surface area contributed by atoms with Crippen LogP contribution in [0.15, 0.2) is 28.7 Å². The number of benzene rings is 1. The molecule has 0 aromatic heterocycles. The largest absolute Gasteiger partial charge is 0.411 e. The van der Waals surface area contributed by atoms with Crippen molar-refractivity contribution >= 4 is 54.9 Å². The zero-order chi connectivity index (χ0) is 30.9. The highest BCUT2D eigenvalue weighted by Crippen LogP contribution is 2.48. The maximum Gasteiger partial charge on any atom is 0.192 e. The van der Waals surface area contributed by atoms with E-state index in [1.807, 2.05) is 12.1 Å². The van der Waals surface area contributed by atoms with Crippen molar-refractivity contribution in [1.82, 2.24) is 0 Å². The normalized spacial score (nSPS) is 28.8. The van der Waals surface area contributed by atoms with Crippen molar-refractivity contribution in [3.63, 3.8) is 0 Å². The lowest BCUT2D eigenvalue weighted by Gasteiger charge is -2.54. The summed E-state index contributed by atoms with van der Waals surface area (Å²) in [6.07, 6.45) is 3.99. The van der Waals surface area contributed by atoms with Crippen molar-refractivity contribution in [2.24, 2.45) is 0 Å². The van der Waals surface area contributed by atoms with Crippen LogP contribution in [0.5, 0.6) is 0 Å². The molecule has 0 radical (unpaired) electrons. The fourth-order valence-corrected chi connectivity index (χ4v) is 11.2. The highest BCUT2D eigenvalue weighted by Gasteiger charge is 2.54. The van der Waals surface area contributed by atoms with Crippen LogP contribution in [0.2, 0.25) is 43.8 Å². The second kappa shape index (κ2) is 17.0. The van der Waals surface area contributed by atoms with E-state index in [0.29, 0.717) is 26.4 Å². The summed E-state index contributed by atoms with van der Waals surface area (Å²) in [5, 5.41) is 0. The van der Waals surface area contributed by atoms with Crippen LogP contribution in [0.4, 0.5) is 0 Å². The van der Waals surface area contributed by atoms with Gasteiger partial charge >= 0.3 is 0 Å². The molecule has 0 bridgehead atoms. The molecule has 0 aliphatic carbocycles. The number of hydrogen-bond donors (Lipinski definition) is 0. The van der Waals surface area contributed by atoms with E-state index in [0.717, 1.165) is 70.9 Å². The highest BCUT2D eigenvalue weighted by atomic mass is 127. The second-order valence-corrected chi connectivity index (χ2v) is 25.8. The molecule has 1 spiro atoms. The summed E-state index contributed by atoms with van der Waals surface area (Å²) in [5.41, 5.74) is 0.873. The van der Waals surface area contributed by atoms with Crippen LogP contribution in [0.3, 0.4) is 0 Å². The minimum Gasteiger partial charge on any atom is -0.411 e. The Morgan fingerprint density at radius 2 is 1.67 bits per heavy atom. The number of halogens is 2. The Bertz CT molecular complexity index is 940. The molecule has 0 unspecified atom stereocenters. The molecular formula is C32H56BrIO6Si2. The maximum atomic E-state index is 7.23. The molecule has 1 aromatic rings. The second-order valence-electron chi connectivity index (χ2n) is 13.7. The molecule has 2 fully saturated rings. The summed E-state index contributed by atoms with van der Waals surface area (Å²) < 4.78 is 41.5. The molecule has 6 nitrogen and oxygen atoms in total. The first-order valence-corrected chi connectivity index (χ1v) is 24.6. The molecule has 2 aliphatic rings. The molecule has 2 aliphatic heterocycles. The zero-order valence-corrected chi connectivity index (χ0v) is 32.9. The maximum absolute atomic E-state index is 7.23. The third kappa shape index (κ3) is 11.5. The van der Waals surface area contributed by atoms with Crippen LogP contribution < -0.4 is 0 Å². The molecule has 3 rings (SSSR count). The smallest absolute Gasteiger partial charge is 0.192 e. The fourth-order valence-electron chi connectivity index (χ4n) is 6.37. The number of ether oxygens (including phenoxy) is 5. The Kier molecular flexibility index (Phi) is 15.0. The molecule has 2 saturated heterocycles. The summed E-state index contributed by atoms with van der Waals surface area (Å²) in [7, 11) is -2.97. The first-order chi connectivity index (χ1) is 19.9. The monoisotopic (exact) mass is 798 g/mol. The Balaban J connectivity index is 1.72. The minimum atomic E-state index is -1.83. The van der Waals surface area contributed by atoms with E-state index in [9.17, 15) is 0 Å². The van der Waals surface area contributed by atoms with Crippen LogP contribution in [0, 0.1) is 0 Å². The molecule has 42 heavy (non-hydrogen) atoms. The van der Waals surface area contributed by atoms with Gasteiger partial charge in [-0.15, -0.1) is 0 Å². The minimum absolute atomic E-state index is 0.00152. The molecule has 1 aromatic carbocycles. The number of rotatable bonds is 17. The summed E-state index contributed by atoms with van der Waals surface area (Å²) >= 11 is 6.08. The number of hydrogen-bond acceptors (Lipinski definition) is 6. The van der Waals surface area contributed by atoms with Crippen LogP contribution in [-0.2, 0) is 34.7 Å². The summed E-state index contributed by atoms with van der Waals surface area (Å²) in [6, 6.07) is 12.8. The van der Waals surface area contributed by atoms with Gasteiger partial charge in [-0.3, -0.25) is 0 Å². The van der Waals surface area contributed by atoms with Crippen molar-refractivity contribution < 1.29 is 28.1 Å². The first-order valence-electron chi connectivity index (χ1n) is 16.0. The van der Waals surface area contributed by atoms with Crippen molar-refractivity contribution in [1.29, 1.82) is 0 Å². The van der Waals surface area contributed by atoms with Gasteiger partial charge in [0.25, 0.3) is 0 Å². The molecule has 0 saturated carbocycles. The van der Waals surface area contributed by atoms with Crippen molar-refractivity contribution in [2.75, 3.05) is 24.4 Å². The van der Waals surface area contributed by atoms with Gasteiger partial charge in [0.2, 0.25) is 0 Å². The van der Waals surface area contributed by atoms with E-state index < -0.39 is 22.2 Å². The van der Waals surface area contributed by atoms with E-state index in [1.54, 1.807) is 0 Å².